The second-order valence-corrected chi connectivity index (χ2v) is 4.80. The number of furan rings is 1. The molecule has 0 aliphatic rings. The highest BCUT2D eigenvalue weighted by molar-refractivity contribution is 5.91. The number of nitrogens with two attached hydrogens (primary N) is 1. The van der Waals surface area contributed by atoms with Gasteiger partial charge in [0.1, 0.15) is 0 Å². The minimum Gasteiger partial charge on any atom is -0.459 e. The minimum atomic E-state index is -0.334. The van der Waals surface area contributed by atoms with Crippen molar-refractivity contribution in [3.05, 3.63) is 60.1 Å². The monoisotopic (exact) mass is 337 g/mol. The zero-order chi connectivity index (χ0) is 15.8. The Bertz CT molecular complexity index is 602. The lowest BCUT2D eigenvalue weighted by Crippen LogP contribution is -2.34. The summed E-state index contributed by atoms with van der Waals surface area (Å²) in [4.78, 5) is 23.3. The molecule has 6 nitrogen and oxygen atoms in total. The molecule has 4 N–H and O–H groups in total. The Balaban J connectivity index is 0.00000264. The minimum absolute atomic E-state index is 0. The van der Waals surface area contributed by atoms with Gasteiger partial charge in [0.15, 0.2) is 5.76 Å². The summed E-state index contributed by atoms with van der Waals surface area (Å²) in [6.07, 6.45) is 1.61. The number of hydrogen-bond donors (Lipinski definition) is 3. The topological polar surface area (TPSA) is 97.4 Å². The molecule has 1 unspecified atom stereocenters. The summed E-state index contributed by atoms with van der Waals surface area (Å²) in [5.41, 5.74) is 6.95. The van der Waals surface area contributed by atoms with Crippen LogP contribution in [0.1, 0.15) is 28.6 Å². The van der Waals surface area contributed by atoms with Crippen molar-refractivity contribution in [1.82, 2.24) is 10.6 Å². The first-order valence-corrected chi connectivity index (χ1v) is 7.06. The van der Waals surface area contributed by atoms with E-state index in [2.05, 4.69) is 10.6 Å². The molecule has 0 aliphatic heterocycles. The molecule has 124 valence electrons. The van der Waals surface area contributed by atoms with E-state index in [9.17, 15) is 9.59 Å². The van der Waals surface area contributed by atoms with Gasteiger partial charge in [0.2, 0.25) is 5.91 Å². The van der Waals surface area contributed by atoms with E-state index < -0.39 is 0 Å². The number of halogens is 1. The van der Waals surface area contributed by atoms with Crippen molar-refractivity contribution in [2.45, 2.75) is 12.5 Å². The summed E-state index contributed by atoms with van der Waals surface area (Å²) in [7, 11) is 0. The Morgan fingerprint density at radius 1 is 1.09 bits per heavy atom. The average molecular weight is 338 g/mol. The number of carbonyl (C=O) groups is 2. The number of amides is 2. The molecule has 1 atom stereocenters. The maximum absolute atomic E-state index is 11.7. The number of nitrogens with one attached hydrogen (secondary N) is 2. The molecule has 23 heavy (non-hydrogen) atoms. The maximum atomic E-state index is 11.7. The highest BCUT2D eigenvalue weighted by Gasteiger charge is 2.10. The van der Waals surface area contributed by atoms with E-state index in [0.717, 1.165) is 5.56 Å². The summed E-state index contributed by atoms with van der Waals surface area (Å²) < 4.78 is 4.95. The van der Waals surface area contributed by atoms with Gasteiger partial charge < -0.3 is 20.8 Å². The van der Waals surface area contributed by atoms with Gasteiger partial charge in [-0.1, -0.05) is 30.3 Å². The first kappa shape index (κ1) is 18.7. The first-order chi connectivity index (χ1) is 10.7. The largest absolute Gasteiger partial charge is 0.459 e. The van der Waals surface area contributed by atoms with E-state index in [4.69, 9.17) is 10.2 Å². The van der Waals surface area contributed by atoms with Crippen molar-refractivity contribution in [2.75, 3.05) is 13.1 Å². The van der Waals surface area contributed by atoms with E-state index >= 15 is 0 Å². The van der Waals surface area contributed by atoms with Crippen LogP contribution in [0.5, 0.6) is 0 Å². The highest BCUT2D eigenvalue weighted by atomic mass is 35.5. The lowest BCUT2D eigenvalue weighted by Gasteiger charge is -2.13. The Hall–Kier alpha value is -2.31. The van der Waals surface area contributed by atoms with E-state index in [0.29, 0.717) is 6.54 Å². The van der Waals surface area contributed by atoms with Gasteiger partial charge in [-0.3, -0.25) is 9.59 Å². The van der Waals surface area contributed by atoms with Crippen LogP contribution in [0.15, 0.2) is 53.1 Å². The number of carbonyl (C=O) groups excluding carboxylic acids is 2. The molecule has 1 heterocycles. The van der Waals surface area contributed by atoms with Gasteiger partial charge in [0.05, 0.1) is 6.26 Å². The third-order valence-electron chi connectivity index (χ3n) is 3.13. The van der Waals surface area contributed by atoms with Crippen LogP contribution in [-0.2, 0) is 4.79 Å². The predicted octanol–water partition coefficient (Wildman–Crippen LogP) is 1.64. The van der Waals surface area contributed by atoms with E-state index in [1.807, 2.05) is 30.3 Å². The number of hydrogen-bond acceptors (Lipinski definition) is 4. The summed E-state index contributed by atoms with van der Waals surface area (Å²) in [6, 6.07) is 12.5. The molecule has 2 rings (SSSR count). The van der Waals surface area contributed by atoms with Crippen molar-refractivity contribution in [2.24, 2.45) is 5.73 Å². The van der Waals surface area contributed by atoms with Crippen molar-refractivity contribution >= 4 is 24.2 Å². The van der Waals surface area contributed by atoms with Crippen molar-refractivity contribution < 1.29 is 14.0 Å². The lowest BCUT2D eigenvalue weighted by molar-refractivity contribution is -0.121. The van der Waals surface area contributed by atoms with E-state index in [1.165, 1.54) is 6.26 Å². The van der Waals surface area contributed by atoms with Crippen molar-refractivity contribution in [1.29, 1.82) is 0 Å². The van der Waals surface area contributed by atoms with Crippen LogP contribution in [0, 0.1) is 0 Å². The zero-order valence-electron chi connectivity index (χ0n) is 12.5. The standard InChI is InChI=1S/C16H19N3O3.ClH/c17-13(12-5-2-1-3-6-12)11-19-15(20)8-9-18-16(21)14-7-4-10-22-14;/h1-7,10,13H,8-9,11,17H2,(H,18,21)(H,19,20);1H. The zero-order valence-corrected chi connectivity index (χ0v) is 13.3. The molecular weight excluding hydrogens is 318 g/mol. The van der Waals surface area contributed by atoms with Gasteiger partial charge >= 0.3 is 0 Å². The Kier molecular flexibility index (Phi) is 7.87. The summed E-state index contributed by atoms with van der Waals surface area (Å²) in [5, 5.41) is 5.36. The SMILES string of the molecule is Cl.NC(CNC(=O)CCNC(=O)c1ccco1)c1ccccc1. The Morgan fingerprint density at radius 2 is 1.83 bits per heavy atom. The van der Waals surface area contributed by atoms with E-state index in [1.54, 1.807) is 12.1 Å². The number of rotatable bonds is 7. The molecule has 7 heteroatoms. The van der Waals surface area contributed by atoms with Gasteiger partial charge in [-0.2, -0.15) is 0 Å². The van der Waals surface area contributed by atoms with Crippen LogP contribution in [0.4, 0.5) is 0 Å². The molecule has 2 aromatic rings. The van der Waals surface area contributed by atoms with Gasteiger partial charge in [-0.05, 0) is 17.7 Å². The Morgan fingerprint density at radius 3 is 2.48 bits per heavy atom. The molecule has 0 fully saturated rings. The van der Waals surface area contributed by atoms with Gasteiger partial charge in [-0.25, -0.2) is 0 Å². The summed E-state index contributed by atoms with van der Waals surface area (Å²) in [5.74, 6) is -0.267. The van der Waals surface area contributed by atoms with Crippen LogP contribution in [0.3, 0.4) is 0 Å². The highest BCUT2D eigenvalue weighted by Crippen LogP contribution is 2.07. The maximum Gasteiger partial charge on any atom is 0.286 e. The predicted molar refractivity (Wildman–Crippen MR) is 89.3 cm³/mol. The van der Waals surface area contributed by atoms with Crippen LogP contribution in [0.25, 0.3) is 0 Å². The fourth-order valence-electron chi connectivity index (χ4n) is 1.91. The third kappa shape index (κ3) is 6.14. The molecule has 0 aliphatic carbocycles. The molecule has 0 radical (unpaired) electrons. The molecule has 0 saturated carbocycles. The first-order valence-electron chi connectivity index (χ1n) is 7.06. The van der Waals surface area contributed by atoms with Crippen molar-refractivity contribution in [3.63, 3.8) is 0 Å². The lowest BCUT2D eigenvalue weighted by atomic mass is 10.1. The second kappa shape index (κ2) is 9.66. The van der Waals surface area contributed by atoms with Crippen LogP contribution in [0.2, 0.25) is 0 Å². The molecule has 1 aromatic carbocycles. The summed E-state index contributed by atoms with van der Waals surface area (Å²) >= 11 is 0. The molecular formula is C16H20ClN3O3. The number of benzene rings is 1. The molecule has 0 bridgehead atoms. The smallest absolute Gasteiger partial charge is 0.286 e. The van der Waals surface area contributed by atoms with Gasteiger partial charge in [0.25, 0.3) is 5.91 Å². The second-order valence-electron chi connectivity index (χ2n) is 4.80. The molecule has 0 saturated heterocycles. The van der Waals surface area contributed by atoms with Crippen LogP contribution < -0.4 is 16.4 Å². The van der Waals surface area contributed by atoms with Crippen LogP contribution in [-0.4, -0.2) is 24.9 Å². The normalized spacial score (nSPS) is 11.2. The third-order valence-corrected chi connectivity index (χ3v) is 3.13. The summed E-state index contributed by atoms with van der Waals surface area (Å²) in [6.45, 7) is 0.598. The quantitative estimate of drug-likeness (QED) is 0.715. The Labute approximate surface area is 140 Å². The fourth-order valence-corrected chi connectivity index (χ4v) is 1.91. The molecule has 2 amide bonds. The van der Waals surface area contributed by atoms with E-state index in [-0.39, 0.29) is 49.0 Å². The fraction of sp³-hybridized carbons (Fsp3) is 0.250. The van der Waals surface area contributed by atoms with Crippen LogP contribution >= 0.6 is 12.4 Å². The molecule has 1 aromatic heterocycles. The molecule has 0 spiro atoms. The van der Waals surface area contributed by atoms with Gasteiger partial charge in [0, 0.05) is 25.6 Å². The van der Waals surface area contributed by atoms with Crippen molar-refractivity contribution in [3.8, 4) is 0 Å². The average Bonchev–Trinajstić information content (AvgIpc) is 3.08. The van der Waals surface area contributed by atoms with Gasteiger partial charge in [-0.15, -0.1) is 12.4 Å².